The van der Waals surface area contributed by atoms with Gasteiger partial charge in [0.15, 0.2) is 9.37 Å². The molecule has 1 aromatic carbocycles. The lowest BCUT2D eigenvalue weighted by Crippen LogP contribution is -1.98. The van der Waals surface area contributed by atoms with Crippen LogP contribution in [0.25, 0.3) is 11.3 Å². The minimum absolute atomic E-state index is 0.126. The summed E-state index contributed by atoms with van der Waals surface area (Å²) in [6.07, 6.45) is 0. The van der Waals surface area contributed by atoms with Gasteiger partial charge < -0.3 is 9.84 Å². The number of rotatable bonds is 5. The molecule has 118 valence electrons. The Morgan fingerprint density at radius 2 is 2.26 bits per heavy atom. The van der Waals surface area contributed by atoms with Crippen LogP contribution in [0.2, 0.25) is 5.02 Å². The molecule has 0 atom stereocenters. The van der Waals surface area contributed by atoms with E-state index in [1.54, 1.807) is 19.2 Å². The van der Waals surface area contributed by atoms with Crippen molar-refractivity contribution in [3.8, 4) is 17.0 Å². The zero-order valence-corrected chi connectivity index (χ0v) is 14.0. The monoisotopic (exact) mass is 368 g/mol. The van der Waals surface area contributed by atoms with Gasteiger partial charge in [0.05, 0.1) is 17.8 Å². The van der Waals surface area contributed by atoms with Crippen molar-refractivity contribution in [2.24, 2.45) is 0 Å². The largest absolute Gasteiger partial charge is 0.495 e. The van der Waals surface area contributed by atoms with Crippen LogP contribution in [-0.4, -0.2) is 38.6 Å². The van der Waals surface area contributed by atoms with Crippen LogP contribution in [0.1, 0.15) is 10.5 Å². The Hall–Kier alpha value is -2.10. The van der Waals surface area contributed by atoms with Gasteiger partial charge in [0.1, 0.15) is 5.75 Å². The van der Waals surface area contributed by atoms with Gasteiger partial charge in [0.2, 0.25) is 5.69 Å². The van der Waals surface area contributed by atoms with Crippen molar-refractivity contribution < 1.29 is 14.6 Å². The molecule has 2 heterocycles. The normalized spacial score (nSPS) is 10.7. The predicted molar refractivity (Wildman–Crippen MR) is 86.6 cm³/mol. The highest BCUT2D eigenvalue weighted by atomic mass is 35.5. The summed E-state index contributed by atoms with van der Waals surface area (Å²) in [5, 5.41) is 21.4. The molecular weight excluding hydrogens is 360 g/mol. The van der Waals surface area contributed by atoms with E-state index < -0.39 is 5.97 Å². The number of thiazole rings is 1. The van der Waals surface area contributed by atoms with Crippen molar-refractivity contribution in [2.45, 2.75) is 9.37 Å². The highest BCUT2D eigenvalue weighted by molar-refractivity contribution is 8.01. The van der Waals surface area contributed by atoms with E-state index >= 15 is 0 Å². The fourth-order valence-electron chi connectivity index (χ4n) is 1.78. The van der Waals surface area contributed by atoms with Crippen LogP contribution < -0.4 is 4.74 Å². The number of H-pyrrole nitrogens is 1. The summed E-state index contributed by atoms with van der Waals surface area (Å²) in [6, 6.07) is 5.39. The lowest BCUT2D eigenvalue weighted by atomic mass is 10.2. The molecular formula is C13H9ClN4O3S2. The molecule has 0 spiro atoms. The van der Waals surface area contributed by atoms with Crippen molar-refractivity contribution in [3.63, 3.8) is 0 Å². The van der Waals surface area contributed by atoms with Gasteiger partial charge in [-0.1, -0.05) is 11.6 Å². The van der Waals surface area contributed by atoms with Gasteiger partial charge in [-0.15, -0.1) is 21.5 Å². The highest BCUT2D eigenvalue weighted by Crippen LogP contribution is 2.35. The average Bonchev–Trinajstić information content (AvgIpc) is 3.17. The van der Waals surface area contributed by atoms with E-state index in [2.05, 4.69) is 20.4 Å². The van der Waals surface area contributed by atoms with E-state index in [0.717, 1.165) is 23.0 Å². The van der Waals surface area contributed by atoms with E-state index in [1.807, 2.05) is 11.4 Å². The first-order chi connectivity index (χ1) is 11.1. The maximum atomic E-state index is 11.0. The summed E-state index contributed by atoms with van der Waals surface area (Å²) >= 11 is 8.64. The molecule has 0 saturated heterocycles. The summed E-state index contributed by atoms with van der Waals surface area (Å²) in [4.78, 5) is 15.5. The number of carbonyl (C=O) groups is 1. The lowest BCUT2D eigenvalue weighted by Gasteiger charge is -2.04. The van der Waals surface area contributed by atoms with Crippen molar-refractivity contribution in [3.05, 3.63) is 34.3 Å². The second kappa shape index (κ2) is 6.57. The van der Waals surface area contributed by atoms with Crippen LogP contribution in [-0.2, 0) is 0 Å². The molecule has 0 radical (unpaired) electrons. The first-order valence-corrected chi connectivity index (χ1v) is 8.27. The van der Waals surface area contributed by atoms with Crippen LogP contribution in [0.3, 0.4) is 0 Å². The second-order valence-electron chi connectivity index (χ2n) is 4.23. The quantitative estimate of drug-likeness (QED) is 0.711. The third-order valence-corrected chi connectivity index (χ3v) is 5.05. The number of nitrogens with zero attached hydrogens (tertiary/aromatic N) is 3. The molecule has 0 aliphatic heterocycles. The number of methoxy groups -OCH3 is 1. The van der Waals surface area contributed by atoms with Crippen LogP contribution in [0.4, 0.5) is 0 Å². The Kier molecular flexibility index (Phi) is 4.51. The van der Waals surface area contributed by atoms with E-state index in [4.69, 9.17) is 21.4 Å². The van der Waals surface area contributed by atoms with Crippen LogP contribution >= 0.6 is 34.7 Å². The van der Waals surface area contributed by atoms with Crippen molar-refractivity contribution >= 4 is 40.7 Å². The smallest absolute Gasteiger partial charge is 0.359 e. The lowest BCUT2D eigenvalue weighted by molar-refractivity contribution is 0.0686. The predicted octanol–water partition coefficient (Wildman–Crippen LogP) is 3.44. The minimum Gasteiger partial charge on any atom is -0.495 e. The van der Waals surface area contributed by atoms with E-state index in [1.165, 1.54) is 11.3 Å². The number of aromatic nitrogens is 4. The molecule has 3 aromatic rings. The second-order valence-corrected chi connectivity index (χ2v) is 6.73. The standard InChI is InChI=1S/C13H9ClN4O3S2/c1-21-9-3-2-6(4-7(9)14)8-5-22-13(15-8)23-11-10(12(19)20)16-18-17-11/h2-5H,1H3,(H,19,20)(H,16,17,18). The number of hydrogen-bond acceptors (Lipinski definition) is 7. The number of carboxylic acid groups (broad SMARTS) is 1. The van der Waals surface area contributed by atoms with Gasteiger partial charge in [0, 0.05) is 10.9 Å². The topological polar surface area (TPSA) is 101 Å². The Bertz CT molecular complexity index is 865. The molecule has 2 aromatic heterocycles. The SMILES string of the molecule is COc1ccc(-c2csc(Sc3n[nH]nc3C(=O)O)n2)cc1Cl. The summed E-state index contributed by atoms with van der Waals surface area (Å²) in [5.41, 5.74) is 1.46. The minimum atomic E-state index is -1.14. The number of halogens is 1. The fraction of sp³-hybridized carbons (Fsp3) is 0.0769. The average molecular weight is 369 g/mol. The van der Waals surface area contributed by atoms with Gasteiger partial charge in [-0.25, -0.2) is 9.78 Å². The van der Waals surface area contributed by atoms with Crippen molar-refractivity contribution in [2.75, 3.05) is 7.11 Å². The molecule has 0 aliphatic rings. The molecule has 0 fully saturated rings. The molecule has 7 nitrogen and oxygen atoms in total. The maximum absolute atomic E-state index is 11.0. The molecule has 0 saturated carbocycles. The molecule has 3 rings (SSSR count). The Morgan fingerprint density at radius 1 is 1.43 bits per heavy atom. The summed E-state index contributed by atoms with van der Waals surface area (Å²) in [7, 11) is 1.55. The number of nitrogens with one attached hydrogen (secondary N) is 1. The zero-order chi connectivity index (χ0) is 16.4. The third kappa shape index (κ3) is 3.31. The Balaban J connectivity index is 1.84. The third-order valence-electron chi connectivity index (χ3n) is 2.83. The van der Waals surface area contributed by atoms with Gasteiger partial charge in [-0.05, 0) is 30.0 Å². The fourth-order valence-corrected chi connectivity index (χ4v) is 3.79. The molecule has 0 bridgehead atoms. The van der Waals surface area contributed by atoms with Crippen molar-refractivity contribution in [1.29, 1.82) is 0 Å². The summed E-state index contributed by atoms with van der Waals surface area (Å²) in [6.45, 7) is 0. The number of hydrogen-bond donors (Lipinski definition) is 2. The highest BCUT2D eigenvalue weighted by Gasteiger charge is 2.18. The van der Waals surface area contributed by atoms with Gasteiger partial charge in [-0.2, -0.15) is 5.21 Å². The summed E-state index contributed by atoms with van der Waals surface area (Å²) < 4.78 is 5.77. The number of aromatic carboxylic acids is 1. The zero-order valence-electron chi connectivity index (χ0n) is 11.6. The Labute approximate surface area is 143 Å². The van der Waals surface area contributed by atoms with E-state index in [-0.39, 0.29) is 10.7 Å². The van der Waals surface area contributed by atoms with Crippen molar-refractivity contribution in [1.82, 2.24) is 20.4 Å². The van der Waals surface area contributed by atoms with Gasteiger partial charge >= 0.3 is 5.97 Å². The van der Waals surface area contributed by atoms with Gasteiger partial charge in [0.25, 0.3) is 0 Å². The molecule has 10 heteroatoms. The first-order valence-electron chi connectivity index (χ1n) is 6.20. The molecule has 0 unspecified atom stereocenters. The van der Waals surface area contributed by atoms with Crippen LogP contribution in [0, 0.1) is 0 Å². The molecule has 2 N–H and O–H groups in total. The first kappa shape index (κ1) is 15.8. The molecule has 23 heavy (non-hydrogen) atoms. The molecule has 0 aliphatic carbocycles. The van der Waals surface area contributed by atoms with Crippen LogP contribution in [0.15, 0.2) is 32.9 Å². The molecule has 0 amide bonds. The van der Waals surface area contributed by atoms with E-state index in [0.29, 0.717) is 15.1 Å². The summed E-state index contributed by atoms with van der Waals surface area (Å²) in [5.74, 6) is -0.547. The van der Waals surface area contributed by atoms with E-state index in [9.17, 15) is 4.79 Å². The number of aromatic amines is 1. The van der Waals surface area contributed by atoms with Gasteiger partial charge in [-0.3, -0.25) is 0 Å². The number of benzene rings is 1. The van der Waals surface area contributed by atoms with Crippen LogP contribution in [0.5, 0.6) is 5.75 Å². The number of ether oxygens (including phenoxy) is 1. The number of carboxylic acids is 1. The Morgan fingerprint density at radius 3 is 2.96 bits per heavy atom. The maximum Gasteiger partial charge on any atom is 0.359 e.